The van der Waals surface area contributed by atoms with Crippen molar-refractivity contribution in [3.05, 3.63) is 76.2 Å². The molecule has 5 nitrogen and oxygen atoms in total. The second kappa shape index (κ2) is 10.0. The molecule has 4 N–H and O–H groups in total. The second-order valence-corrected chi connectivity index (χ2v) is 7.28. The van der Waals surface area contributed by atoms with Crippen molar-refractivity contribution in [2.24, 2.45) is 5.73 Å². The maximum Gasteiger partial charge on any atom is 0.336 e. The fourth-order valence-corrected chi connectivity index (χ4v) is 3.25. The highest BCUT2D eigenvalue weighted by atomic mass is 32.2. The summed E-state index contributed by atoms with van der Waals surface area (Å²) in [6, 6.07) is 13.6. The van der Waals surface area contributed by atoms with Crippen LogP contribution in [0.4, 0.5) is 0 Å². The molecule has 144 valence electrons. The van der Waals surface area contributed by atoms with Crippen LogP contribution in [0.1, 0.15) is 40.4 Å². The summed E-state index contributed by atoms with van der Waals surface area (Å²) in [7, 11) is 0. The van der Waals surface area contributed by atoms with Gasteiger partial charge in [-0.2, -0.15) is 0 Å². The van der Waals surface area contributed by atoms with Gasteiger partial charge in [0, 0.05) is 23.6 Å². The van der Waals surface area contributed by atoms with Gasteiger partial charge in [-0.1, -0.05) is 30.3 Å². The molecule has 0 aliphatic heterocycles. The normalized spacial score (nSPS) is 11.8. The Labute approximate surface area is 164 Å². The Hall–Kier alpha value is -2.44. The lowest BCUT2D eigenvalue weighted by molar-refractivity contribution is 0.0695. The SMILES string of the molecule is C/C(OCc1ccccc1)=C(/N)CCNSc1cc(C)c(C)c(C(=O)O)c1. The summed E-state index contributed by atoms with van der Waals surface area (Å²) in [5, 5.41) is 9.29. The number of allylic oxidation sites excluding steroid dienone is 1. The number of aryl methyl sites for hydroxylation is 1. The second-order valence-electron chi connectivity index (χ2n) is 6.32. The fourth-order valence-electron chi connectivity index (χ4n) is 2.46. The predicted octanol–water partition coefficient (Wildman–Crippen LogP) is 4.40. The molecule has 2 aromatic rings. The van der Waals surface area contributed by atoms with Crippen molar-refractivity contribution >= 4 is 17.9 Å². The summed E-state index contributed by atoms with van der Waals surface area (Å²) in [6.45, 7) is 6.76. The van der Waals surface area contributed by atoms with Crippen molar-refractivity contribution < 1.29 is 14.6 Å². The first-order chi connectivity index (χ1) is 12.9. The lowest BCUT2D eigenvalue weighted by Crippen LogP contribution is -2.12. The minimum atomic E-state index is -0.906. The zero-order valence-corrected chi connectivity index (χ0v) is 16.7. The van der Waals surface area contributed by atoms with Gasteiger partial charge < -0.3 is 15.6 Å². The van der Waals surface area contributed by atoms with Gasteiger partial charge in [0.05, 0.1) is 5.56 Å². The van der Waals surface area contributed by atoms with E-state index in [1.807, 2.05) is 57.2 Å². The van der Waals surface area contributed by atoms with Crippen LogP contribution in [-0.2, 0) is 11.3 Å². The van der Waals surface area contributed by atoms with Gasteiger partial charge in [-0.25, -0.2) is 4.79 Å². The Kier molecular flexibility index (Phi) is 7.76. The van der Waals surface area contributed by atoms with Gasteiger partial charge in [0.15, 0.2) is 0 Å². The highest BCUT2D eigenvalue weighted by Crippen LogP contribution is 2.23. The number of aromatic carboxylic acids is 1. The first-order valence-corrected chi connectivity index (χ1v) is 9.56. The number of carbonyl (C=O) groups is 1. The van der Waals surface area contributed by atoms with Crippen LogP contribution in [0.15, 0.2) is 58.8 Å². The molecule has 2 aromatic carbocycles. The van der Waals surface area contributed by atoms with Crippen molar-refractivity contribution in [1.82, 2.24) is 4.72 Å². The minimum Gasteiger partial charge on any atom is -0.492 e. The first kappa shape index (κ1) is 20.9. The number of hydrogen-bond acceptors (Lipinski definition) is 5. The van der Waals surface area contributed by atoms with Crippen LogP contribution in [0.25, 0.3) is 0 Å². The molecule has 0 bridgehead atoms. The van der Waals surface area contributed by atoms with Gasteiger partial charge >= 0.3 is 5.97 Å². The number of nitrogens with one attached hydrogen (secondary N) is 1. The topological polar surface area (TPSA) is 84.6 Å². The molecular weight excluding hydrogens is 360 g/mol. The van der Waals surface area contributed by atoms with Crippen LogP contribution in [0, 0.1) is 13.8 Å². The molecule has 6 heteroatoms. The van der Waals surface area contributed by atoms with Gasteiger partial charge in [0.1, 0.15) is 12.4 Å². The molecule has 0 spiro atoms. The number of nitrogens with two attached hydrogens (primary N) is 1. The van der Waals surface area contributed by atoms with Gasteiger partial charge in [0.25, 0.3) is 0 Å². The molecule has 0 saturated carbocycles. The van der Waals surface area contributed by atoms with Crippen molar-refractivity contribution in [1.29, 1.82) is 0 Å². The fraction of sp³-hybridized carbons (Fsp3) is 0.286. The molecule has 0 aliphatic carbocycles. The van der Waals surface area contributed by atoms with Crippen LogP contribution < -0.4 is 10.5 Å². The van der Waals surface area contributed by atoms with Crippen LogP contribution in [0.3, 0.4) is 0 Å². The van der Waals surface area contributed by atoms with Crippen molar-refractivity contribution in [3.8, 4) is 0 Å². The van der Waals surface area contributed by atoms with Crippen molar-refractivity contribution in [3.63, 3.8) is 0 Å². The average molecular weight is 387 g/mol. The molecule has 0 unspecified atom stereocenters. The monoisotopic (exact) mass is 386 g/mol. The lowest BCUT2D eigenvalue weighted by Gasteiger charge is -2.12. The van der Waals surface area contributed by atoms with E-state index in [9.17, 15) is 9.90 Å². The quantitative estimate of drug-likeness (QED) is 0.337. The Bertz CT molecular complexity index is 820. The number of rotatable bonds is 9. The van der Waals surface area contributed by atoms with Crippen molar-refractivity contribution in [2.45, 2.75) is 38.7 Å². The molecule has 0 heterocycles. The molecule has 0 aromatic heterocycles. The standard InChI is InChI=1S/C21H26N2O3S/c1-14-11-18(12-19(15(14)2)21(24)25)27-23-10-9-20(22)16(3)26-13-17-7-5-4-6-8-17/h4-8,11-12,23H,9-10,13,22H2,1-3H3,(H,24,25)/b20-16-. The van der Waals surface area contributed by atoms with E-state index in [0.717, 1.165) is 27.3 Å². The third-order valence-electron chi connectivity index (χ3n) is 4.31. The summed E-state index contributed by atoms with van der Waals surface area (Å²) in [5.74, 6) is -0.179. The van der Waals surface area contributed by atoms with E-state index < -0.39 is 5.97 Å². The molecular formula is C21H26N2O3S. The third-order valence-corrected chi connectivity index (χ3v) is 5.13. The number of carboxylic acid groups (broad SMARTS) is 1. The van der Waals surface area contributed by atoms with Gasteiger partial charge in [0.2, 0.25) is 0 Å². The molecule has 2 rings (SSSR count). The minimum absolute atomic E-state index is 0.337. The Morgan fingerprint density at radius 3 is 2.59 bits per heavy atom. The summed E-state index contributed by atoms with van der Waals surface area (Å²) in [4.78, 5) is 12.2. The molecule has 27 heavy (non-hydrogen) atoms. The van der Waals surface area contributed by atoms with Gasteiger partial charge in [-0.15, -0.1) is 0 Å². The highest BCUT2D eigenvalue weighted by Gasteiger charge is 2.11. The van der Waals surface area contributed by atoms with Gasteiger partial charge in [-0.3, -0.25) is 4.72 Å². The van der Waals surface area contributed by atoms with E-state index in [0.29, 0.717) is 30.8 Å². The molecule has 0 amide bonds. The van der Waals surface area contributed by atoms with E-state index in [1.54, 1.807) is 6.07 Å². The summed E-state index contributed by atoms with van der Waals surface area (Å²) >= 11 is 1.41. The lowest BCUT2D eigenvalue weighted by atomic mass is 10.0. The Morgan fingerprint density at radius 1 is 1.22 bits per heavy atom. The molecule has 0 atom stereocenters. The Balaban J connectivity index is 1.82. The maximum atomic E-state index is 11.3. The molecule has 0 fully saturated rings. The van der Waals surface area contributed by atoms with Crippen LogP contribution in [-0.4, -0.2) is 17.6 Å². The van der Waals surface area contributed by atoms with E-state index in [1.165, 1.54) is 11.9 Å². The van der Waals surface area contributed by atoms with Crippen molar-refractivity contribution in [2.75, 3.05) is 6.54 Å². The molecule has 0 saturated heterocycles. The largest absolute Gasteiger partial charge is 0.492 e. The summed E-state index contributed by atoms with van der Waals surface area (Å²) in [6.07, 6.45) is 0.643. The number of benzene rings is 2. The molecule has 0 radical (unpaired) electrons. The summed E-state index contributed by atoms with van der Waals surface area (Å²) in [5.41, 5.74) is 9.99. The number of hydrogen-bond donors (Lipinski definition) is 3. The zero-order chi connectivity index (χ0) is 19.8. The van der Waals surface area contributed by atoms with Crippen LogP contribution in [0.5, 0.6) is 0 Å². The van der Waals surface area contributed by atoms with E-state index in [-0.39, 0.29) is 0 Å². The highest BCUT2D eigenvalue weighted by molar-refractivity contribution is 7.97. The first-order valence-electron chi connectivity index (χ1n) is 8.74. The number of carboxylic acids is 1. The molecule has 0 aliphatic rings. The smallest absolute Gasteiger partial charge is 0.336 e. The maximum absolute atomic E-state index is 11.3. The number of ether oxygens (including phenoxy) is 1. The summed E-state index contributed by atoms with van der Waals surface area (Å²) < 4.78 is 8.96. The van der Waals surface area contributed by atoms with Crippen LogP contribution >= 0.6 is 11.9 Å². The van der Waals surface area contributed by atoms with Crippen LogP contribution in [0.2, 0.25) is 0 Å². The van der Waals surface area contributed by atoms with E-state index in [2.05, 4.69) is 4.72 Å². The van der Waals surface area contributed by atoms with E-state index >= 15 is 0 Å². The zero-order valence-electron chi connectivity index (χ0n) is 15.9. The Morgan fingerprint density at radius 2 is 1.93 bits per heavy atom. The van der Waals surface area contributed by atoms with Gasteiger partial charge in [-0.05, 0) is 61.5 Å². The van der Waals surface area contributed by atoms with E-state index in [4.69, 9.17) is 10.5 Å². The third kappa shape index (κ3) is 6.34. The average Bonchev–Trinajstić information content (AvgIpc) is 2.66. The predicted molar refractivity (Wildman–Crippen MR) is 109 cm³/mol.